The second-order valence-corrected chi connectivity index (χ2v) is 10.6. The number of hydrogen-bond acceptors (Lipinski definition) is 5. The third-order valence-electron chi connectivity index (χ3n) is 7.96. The minimum Gasteiger partial charge on any atom is -0.494 e. The Balaban J connectivity index is 1.40. The Morgan fingerprint density at radius 3 is 2.69 bits per heavy atom. The molecule has 1 unspecified atom stereocenters. The smallest absolute Gasteiger partial charge is 0.304 e. The topological polar surface area (TPSA) is 97.5 Å². The van der Waals surface area contributed by atoms with Crippen LogP contribution in [0.3, 0.4) is 0 Å². The van der Waals surface area contributed by atoms with Gasteiger partial charge in [-0.15, -0.1) is 5.10 Å². The van der Waals surface area contributed by atoms with Crippen molar-refractivity contribution >= 4 is 22.9 Å². The zero-order valence-electron chi connectivity index (χ0n) is 22.1. The molecule has 200 valence electrons. The Labute approximate surface area is 227 Å². The summed E-state index contributed by atoms with van der Waals surface area (Å²) in [5, 5.41) is 18.5. The first-order chi connectivity index (χ1) is 19.0. The number of ether oxygens (including phenoxy) is 1. The van der Waals surface area contributed by atoms with Gasteiger partial charge in [0.1, 0.15) is 11.3 Å². The van der Waals surface area contributed by atoms with Crippen LogP contribution in [0.15, 0.2) is 54.6 Å². The largest absolute Gasteiger partial charge is 0.494 e. The van der Waals surface area contributed by atoms with Gasteiger partial charge in [-0.3, -0.25) is 9.59 Å². The van der Waals surface area contributed by atoms with Crippen molar-refractivity contribution in [3.8, 4) is 5.75 Å². The van der Waals surface area contributed by atoms with Gasteiger partial charge in [0, 0.05) is 31.1 Å². The molecule has 1 N–H and O–H groups in total. The maximum atomic E-state index is 13.5. The van der Waals surface area contributed by atoms with E-state index in [1.165, 1.54) is 5.56 Å². The van der Waals surface area contributed by atoms with E-state index in [9.17, 15) is 14.7 Å². The SMILES string of the molecule is Cc1cc2ccc1C(=O)N1CCc3ccc(cc3C1)C(CC(=O)O)c1ccc3c(c1)nnn3CCCCCO2. The summed E-state index contributed by atoms with van der Waals surface area (Å²) in [5.74, 6) is -0.404. The summed E-state index contributed by atoms with van der Waals surface area (Å²) in [7, 11) is 0. The zero-order chi connectivity index (χ0) is 26.9. The minimum atomic E-state index is -0.859. The molecule has 0 saturated carbocycles. The van der Waals surface area contributed by atoms with E-state index in [1.54, 1.807) is 0 Å². The van der Waals surface area contributed by atoms with E-state index >= 15 is 0 Å². The number of nitrogens with zero attached hydrogens (tertiary/aromatic N) is 4. The maximum Gasteiger partial charge on any atom is 0.304 e. The number of benzene rings is 3. The highest BCUT2D eigenvalue weighted by Crippen LogP contribution is 2.33. The van der Waals surface area contributed by atoms with Crippen LogP contribution in [0.2, 0.25) is 0 Å². The van der Waals surface area contributed by atoms with Crippen LogP contribution in [0.25, 0.3) is 11.0 Å². The molecule has 0 saturated heterocycles. The van der Waals surface area contributed by atoms with Gasteiger partial charge < -0.3 is 14.7 Å². The fourth-order valence-electron chi connectivity index (χ4n) is 5.81. The van der Waals surface area contributed by atoms with Crippen molar-refractivity contribution in [1.82, 2.24) is 19.9 Å². The minimum absolute atomic E-state index is 0.00729. The molecule has 5 aliphatic heterocycles. The molecule has 0 radical (unpaired) electrons. The summed E-state index contributed by atoms with van der Waals surface area (Å²) in [6.45, 7) is 4.46. The van der Waals surface area contributed by atoms with E-state index in [2.05, 4.69) is 22.4 Å². The number of carbonyl (C=O) groups excluding carboxylic acids is 1. The van der Waals surface area contributed by atoms with Crippen molar-refractivity contribution in [1.29, 1.82) is 0 Å². The third kappa shape index (κ3) is 5.11. The molecule has 0 aliphatic carbocycles. The third-order valence-corrected chi connectivity index (χ3v) is 7.96. The molecule has 8 heteroatoms. The first kappa shape index (κ1) is 25.1. The standard InChI is InChI=1S/C31H32N4O4/c1-20-15-25-8-9-26(20)31(38)34-13-11-21-5-6-22(16-24(21)19-34)27(18-30(36)37)23-7-10-29-28(17-23)32-33-35(29)12-3-2-4-14-39-25/h5-10,15-17,27H,2-4,11-14,18-19H2,1H3,(H,36,37). The highest BCUT2D eigenvalue weighted by molar-refractivity contribution is 5.96. The van der Waals surface area contributed by atoms with Crippen LogP contribution >= 0.6 is 0 Å². The van der Waals surface area contributed by atoms with Gasteiger partial charge in [-0.25, -0.2) is 4.68 Å². The Morgan fingerprint density at radius 1 is 1.00 bits per heavy atom. The molecule has 39 heavy (non-hydrogen) atoms. The van der Waals surface area contributed by atoms with Gasteiger partial charge in [0.15, 0.2) is 0 Å². The highest BCUT2D eigenvalue weighted by Gasteiger charge is 2.26. The van der Waals surface area contributed by atoms with Gasteiger partial charge in [0.05, 0.1) is 18.5 Å². The fourth-order valence-corrected chi connectivity index (χ4v) is 5.81. The molecule has 1 amide bonds. The van der Waals surface area contributed by atoms with Gasteiger partial charge in [0.25, 0.3) is 5.91 Å². The van der Waals surface area contributed by atoms with Crippen LogP contribution in [0, 0.1) is 6.92 Å². The molecule has 8 nitrogen and oxygen atoms in total. The number of carboxylic acid groups (broad SMARTS) is 1. The van der Waals surface area contributed by atoms with Crippen molar-refractivity contribution in [2.24, 2.45) is 0 Å². The van der Waals surface area contributed by atoms with Crippen molar-refractivity contribution in [2.45, 2.75) is 58.0 Å². The lowest BCUT2D eigenvalue weighted by molar-refractivity contribution is -0.137. The van der Waals surface area contributed by atoms with Crippen LogP contribution < -0.4 is 4.74 Å². The highest BCUT2D eigenvalue weighted by atomic mass is 16.5. The molecule has 9 rings (SSSR count). The van der Waals surface area contributed by atoms with E-state index in [4.69, 9.17) is 4.74 Å². The first-order valence-corrected chi connectivity index (χ1v) is 13.7. The quantitative estimate of drug-likeness (QED) is 0.392. The Kier molecular flexibility index (Phi) is 6.77. The van der Waals surface area contributed by atoms with Crippen LogP contribution in [0.4, 0.5) is 0 Å². The number of aromatic nitrogens is 3. The summed E-state index contributed by atoms with van der Waals surface area (Å²) < 4.78 is 7.90. The van der Waals surface area contributed by atoms with Crippen molar-refractivity contribution in [2.75, 3.05) is 13.2 Å². The van der Waals surface area contributed by atoms with E-state index in [0.29, 0.717) is 25.3 Å². The predicted molar refractivity (Wildman–Crippen MR) is 147 cm³/mol. The molecule has 6 heterocycles. The Hall–Kier alpha value is -4.20. The average Bonchev–Trinajstić information content (AvgIpc) is 3.34. The van der Waals surface area contributed by atoms with Crippen LogP contribution in [-0.4, -0.2) is 50.0 Å². The molecule has 4 aromatic rings. The normalized spacial score (nSPS) is 17.8. The lowest BCUT2D eigenvalue weighted by Gasteiger charge is -2.30. The molecular formula is C31H32N4O4. The number of carboxylic acids is 1. The van der Waals surface area contributed by atoms with E-state index in [1.807, 2.05) is 59.0 Å². The van der Waals surface area contributed by atoms with E-state index in [-0.39, 0.29) is 18.2 Å². The molecule has 5 aliphatic rings. The Morgan fingerprint density at radius 2 is 1.85 bits per heavy atom. The fraction of sp³-hybridized carbons (Fsp3) is 0.355. The number of rotatable bonds is 2. The van der Waals surface area contributed by atoms with Gasteiger partial charge >= 0.3 is 5.97 Å². The summed E-state index contributed by atoms with van der Waals surface area (Å²) in [4.78, 5) is 27.3. The maximum absolute atomic E-state index is 13.5. The number of aryl methyl sites for hydroxylation is 2. The average molecular weight is 525 g/mol. The van der Waals surface area contributed by atoms with Crippen molar-refractivity contribution in [3.63, 3.8) is 0 Å². The molecule has 9 bridgehead atoms. The van der Waals surface area contributed by atoms with Crippen LogP contribution in [0.5, 0.6) is 5.75 Å². The summed E-state index contributed by atoms with van der Waals surface area (Å²) in [6.07, 6.45) is 3.59. The van der Waals surface area contributed by atoms with E-state index < -0.39 is 5.97 Å². The molecule has 1 aromatic heterocycles. The van der Waals surface area contributed by atoms with Gasteiger partial charge in [-0.05, 0) is 90.8 Å². The molecule has 3 aromatic carbocycles. The molecule has 1 atom stereocenters. The Bertz CT molecular complexity index is 1560. The van der Waals surface area contributed by atoms with Crippen molar-refractivity contribution in [3.05, 3.63) is 88.0 Å². The lowest BCUT2D eigenvalue weighted by Crippen LogP contribution is -2.36. The second-order valence-electron chi connectivity index (χ2n) is 10.6. The number of carbonyl (C=O) groups is 2. The second kappa shape index (κ2) is 10.5. The monoisotopic (exact) mass is 524 g/mol. The first-order valence-electron chi connectivity index (χ1n) is 13.7. The van der Waals surface area contributed by atoms with Crippen LogP contribution in [-0.2, 0) is 24.3 Å². The van der Waals surface area contributed by atoms with Crippen LogP contribution in [0.1, 0.15) is 69.8 Å². The molecular weight excluding hydrogens is 492 g/mol. The van der Waals surface area contributed by atoms with Gasteiger partial charge in [-0.2, -0.15) is 0 Å². The predicted octanol–water partition coefficient (Wildman–Crippen LogP) is 5.11. The summed E-state index contributed by atoms with van der Waals surface area (Å²) in [5.41, 5.74) is 7.39. The number of amides is 1. The summed E-state index contributed by atoms with van der Waals surface area (Å²) >= 11 is 0. The molecule has 0 spiro atoms. The molecule has 0 fully saturated rings. The number of hydrogen-bond donors (Lipinski definition) is 1. The zero-order valence-corrected chi connectivity index (χ0v) is 22.1. The van der Waals surface area contributed by atoms with Crippen molar-refractivity contribution < 1.29 is 19.4 Å². The number of aliphatic carboxylic acids is 1. The lowest BCUT2D eigenvalue weighted by atomic mass is 9.85. The summed E-state index contributed by atoms with van der Waals surface area (Å²) in [6, 6.07) is 17.9. The van der Waals surface area contributed by atoms with Gasteiger partial charge in [0.2, 0.25) is 0 Å². The van der Waals surface area contributed by atoms with Gasteiger partial charge in [-0.1, -0.05) is 29.5 Å². The van der Waals surface area contributed by atoms with E-state index in [0.717, 1.165) is 71.3 Å².